The summed E-state index contributed by atoms with van der Waals surface area (Å²) in [6.07, 6.45) is 0. The van der Waals surface area contributed by atoms with Gasteiger partial charge in [-0.25, -0.2) is 8.42 Å². The summed E-state index contributed by atoms with van der Waals surface area (Å²) in [5, 5.41) is 2.78. The number of carbonyl (C=O) groups is 1. The number of aryl methyl sites for hydroxylation is 1. The molecule has 0 spiro atoms. The molecular formula is C23H24N2O4S. The Morgan fingerprint density at radius 3 is 2.17 bits per heavy atom. The largest absolute Gasteiger partial charge is 0.497 e. The van der Waals surface area contributed by atoms with E-state index in [1.54, 1.807) is 48.5 Å². The second-order valence-electron chi connectivity index (χ2n) is 6.79. The van der Waals surface area contributed by atoms with Crippen LogP contribution in [-0.2, 0) is 21.4 Å². The first kappa shape index (κ1) is 21.4. The van der Waals surface area contributed by atoms with Gasteiger partial charge in [0, 0.05) is 6.54 Å². The van der Waals surface area contributed by atoms with Crippen LogP contribution in [0.4, 0.5) is 5.69 Å². The van der Waals surface area contributed by atoms with E-state index in [-0.39, 0.29) is 11.4 Å². The SMILES string of the molecule is COc1ccc(N(CC(=O)NCc2ccccc2)S(=O)(=O)c2ccc(C)cc2)cc1. The molecule has 3 aromatic carbocycles. The average molecular weight is 425 g/mol. The first-order chi connectivity index (χ1) is 14.4. The minimum Gasteiger partial charge on any atom is -0.497 e. The molecule has 1 N–H and O–H groups in total. The van der Waals surface area contributed by atoms with Crippen LogP contribution in [-0.4, -0.2) is 28.0 Å². The van der Waals surface area contributed by atoms with E-state index < -0.39 is 15.9 Å². The van der Waals surface area contributed by atoms with Gasteiger partial charge in [-0.15, -0.1) is 0 Å². The van der Waals surface area contributed by atoms with E-state index in [0.29, 0.717) is 18.0 Å². The van der Waals surface area contributed by atoms with Gasteiger partial charge in [-0.2, -0.15) is 0 Å². The van der Waals surface area contributed by atoms with E-state index in [9.17, 15) is 13.2 Å². The number of rotatable bonds is 8. The minimum absolute atomic E-state index is 0.125. The molecule has 0 saturated heterocycles. The first-order valence-corrected chi connectivity index (χ1v) is 10.9. The zero-order valence-electron chi connectivity index (χ0n) is 16.9. The highest BCUT2D eigenvalue weighted by molar-refractivity contribution is 7.92. The highest BCUT2D eigenvalue weighted by Gasteiger charge is 2.27. The fraction of sp³-hybridized carbons (Fsp3) is 0.174. The van der Waals surface area contributed by atoms with Crippen LogP contribution in [0, 0.1) is 6.92 Å². The minimum atomic E-state index is -3.94. The van der Waals surface area contributed by atoms with E-state index in [4.69, 9.17) is 4.74 Å². The van der Waals surface area contributed by atoms with Crippen LogP contribution in [0.25, 0.3) is 0 Å². The molecule has 3 rings (SSSR count). The van der Waals surface area contributed by atoms with Gasteiger partial charge in [0.1, 0.15) is 12.3 Å². The van der Waals surface area contributed by atoms with Crippen molar-refractivity contribution in [3.05, 3.63) is 90.0 Å². The monoisotopic (exact) mass is 424 g/mol. The Kier molecular flexibility index (Phi) is 6.74. The zero-order chi connectivity index (χ0) is 21.6. The maximum Gasteiger partial charge on any atom is 0.264 e. The topological polar surface area (TPSA) is 75.7 Å². The van der Waals surface area contributed by atoms with Crippen LogP contribution >= 0.6 is 0 Å². The number of nitrogens with zero attached hydrogens (tertiary/aromatic N) is 1. The third-order valence-corrected chi connectivity index (χ3v) is 6.38. The number of anilines is 1. The fourth-order valence-corrected chi connectivity index (χ4v) is 4.30. The Morgan fingerprint density at radius 2 is 1.57 bits per heavy atom. The molecular weight excluding hydrogens is 400 g/mol. The smallest absolute Gasteiger partial charge is 0.264 e. The molecule has 1 amide bonds. The Balaban J connectivity index is 1.86. The lowest BCUT2D eigenvalue weighted by Crippen LogP contribution is -2.40. The molecule has 6 nitrogen and oxygen atoms in total. The predicted octanol–water partition coefficient (Wildman–Crippen LogP) is 3.52. The lowest BCUT2D eigenvalue weighted by Gasteiger charge is -2.24. The number of sulfonamides is 1. The van der Waals surface area contributed by atoms with Crippen LogP contribution in [0.5, 0.6) is 5.75 Å². The lowest BCUT2D eigenvalue weighted by atomic mass is 10.2. The number of amides is 1. The molecule has 3 aromatic rings. The second-order valence-corrected chi connectivity index (χ2v) is 8.65. The molecule has 0 fully saturated rings. The molecule has 0 aliphatic heterocycles. The molecule has 0 radical (unpaired) electrons. The molecule has 7 heteroatoms. The maximum atomic E-state index is 13.3. The number of hydrogen-bond acceptors (Lipinski definition) is 4. The highest BCUT2D eigenvalue weighted by Crippen LogP contribution is 2.26. The summed E-state index contributed by atoms with van der Waals surface area (Å²) >= 11 is 0. The summed E-state index contributed by atoms with van der Waals surface area (Å²) in [6, 6.07) is 22.6. The lowest BCUT2D eigenvalue weighted by molar-refractivity contribution is -0.119. The van der Waals surface area contributed by atoms with Crippen LogP contribution in [0.15, 0.2) is 83.8 Å². The van der Waals surface area contributed by atoms with Crippen molar-refractivity contribution in [1.82, 2.24) is 5.32 Å². The van der Waals surface area contributed by atoms with E-state index >= 15 is 0 Å². The van der Waals surface area contributed by atoms with Gasteiger partial charge in [0.15, 0.2) is 0 Å². The quantitative estimate of drug-likeness (QED) is 0.600. The molecule has 0 aliphatic rings. The molecule has 0 atom stereocenters. The van der Waals surface area contributed by atoms with Gasteiger partial charge in [-0.1, -0.05) is 48.0 Å². The highest BCUT2D eigenvalue weighted by atomic mass is 32.2. The third kappa shape index (κ3) is 5.18. The number of benzene rings is 3. The molecule has 156 valence electrons. The van der Waals surface area contributed by atoms with Crippen molar-refractivity contribution in [3.63, 3.8) is 0 Å². The molecule has 0 saturated carbocycles. The number of methoxy groups -OCH3 is 1. The zero-order valence-corrected chi connectivity index (χ0v) is 17.7. The molecule has 0 unspecified atom stereocenters. The summed E-state index contributed by atoms with van der Waals surface area (Å²) in [4.78, 5) is 12.7. The van der Waals surface area contributed by atoms with E-state index in [1.807, 2.05) is 37.3 Å². The third-order valence-electron chi connectivity index (χ3n) is 4.59. The van der Waals surface area contributed by atoms with Gasteiger partial charge in [0.2, 0.25) is 5.91 Å². The Labute approximate surface area is 177 Å². The van der Waals surface area contributed by atoms with Crippen molar-refractivity contribution in [2.75, 3.05) is 18.0 Å². The van der Waals surface area contributed by atoms with Crippen molar-refractivity contribution in [2.45, 2.75) is 18.4 Å². The van der Waals surface area contributed by atoms with Crippen LogP contribution in [0.2, 0.25) is 0 Å². The van der Waals surface area contributed by atoms with Gasteiger partial charge < -0.3 is 10.1 Å². The summed E-state index contributed by atoms with van der Waals surface area (Å²) in [5.74, 6) is 0.199. The number of carbonyl (C=O) groups excluding carboxylic acids is 1. The van der Waals surface area contributed by atoms with Crippen molar-refractivity contribution >= 4 is 21.6 Å². The average Bonchev–Trinajstić information content (AvgIpc) is 2.77. The van der Waals surface area contributed by atoms with Crippen LogP contribution in [0.3, 0.4) is 0 Å². The van der Waals surface area contributed by atoms with Crippen molar-refractivity contribution in [2.24, 2.45) is 0 Å². The van der Waals surface area contributed by atoms with Crippen LogP contribution < -0.4 is 14.4 Å². The normalized spacial score (nSPS) is 11.0. The van der Waals surface area contributed by atoms with Gasteiger partial charge in [0.05, 0.1) is 17.7 Å². The fourth-order valence-electron chi connectivity index (χ4n) is 2.88. The van der Waals surface area contributed by atoms with E-state index in [0.717, 1.165) is 15.4 Å². The predicted molar refractivity (Wildman–Crippen MR) is 117 cm³/mol. The maximum absolute atomic E-state index is 13.3. The summed E-state index contributed by atoms with van der Waals surface area (Å²) < 4.78 is 32.9. The van der Waals surface area contributed by atoms with Crippen molar-refractivity contribution < 1.29 is 17.9 Å². The summed E-state index contributed by atoms with van der Waals surface area (Å²) in [7, 11) is -2.40. The van der Waals surface area contributed by atoms with Gasteiger partial charge in [-0.05, 0) is 48.9 Å². The Bertz CT molecular complexity index is 1080. The standard InChI is InChI=1S/C23H24N2O4S/c1-18-8-14-22(15-9-18)30(27,28)25(20-10-12-21(29-2)13-11-20)17-23(26)24-16-19-6-4-3-5-7-19/h3-15H,16-17H2,1-2H3,(H,24,26). The van der Waals surface area contributed by atoms with Crippen molar-refractivity contribution in [3.8, 4) is 5.75 Å². The van der Waals surface area contributed by atoms with Gasteiger partial charge in [-0.3, -0.25) is 9.10 Å². The molecule has 0 bridgehead atoms. The molecule has 0 aromatic heterocycles. The first-order valence-electron chi connectivity index (χ1n) is 9.44. The Hall–Kier alpha value is -3.32. The number of ether oxygens (including phenoxy) is 1. The molecule has 30 heavy (non-hydrogen) atoms. The van der Waals surface area contributed by atoms with E-state index in [2.05, 4.69) is 5.32 Å². The molecule has 0 aliphatic carbocycles. The summed E-state index contributed by atoms with van der Waals surface area (Å²) in [6.45, 7) is 1.87. The summed E-state index contributed by atoms with van der Waals surface area (Å²) in [5.41, 5.74) is 2.26. The van der Waals surface area contributed by atoms with Crippen LogP contribution in [0.1, 0.15) is 11.1 Å². The molecule has 0 heterocycles. The van der Waals surface area contributed by atoms with E-state index in [1.165, 1.54) is 7.11 Å². The second kappa shape index (κ2) is 9.45. The van der Waals surface area contributed by atoms with Gasteiger partial charge >= 0.3 is 0 Å². The van der Waals surface area contributed by atoms with Crippen molar-refractivity contribution in [1.29, 1.82) is 0 Å². The Morgan fingerprint density at radius 1 is 0.933 bits per heavy atom. The number of hydrogen-bond donors (Lipinski definition) is 1. The van der Waals surface area contributed by atoms with Gasteiger partial charge in [0.25, 0.3) is 10.0 Å². The number of nitrogens with one attached hydrogen (secondary N) is 1.